The minimum atomic E-state index is -0.0298. The molecule has 0 spiro atoms. The van der Waals surface area contributed by atoms with Crippen LogP contribution in [-0.2, 0) is 9.59 Å². The summed E-state index contributed by atoms with van der Waals surface area (Å²) in [5.74, 6) is 1.73. The van der Waals surface area contributed by atoms with Crippen molar-refractivity contribution in [1.82, 2.24) is 4.90 Å². The van der Waals surface area contributed by atoms with Crippen LogP contribution in [0.15, 0.2) is 36.4 Å². The minimum absolute atomic E-state index is 0.0298. The number of aryl methyl sites for hydroxylation is 4. The first-order chi connectivity index (χ1) is 22.2. The number of nitrogens with one attached hydrogen (secondary N) is 2. The van der Waals surface area contributed by atoms with Gasteiger partial charge in [-0.25, -0.2) is 0 Å². The fourth-order valence-corrected chi connectivity index (χ4v) is 9.01. The molecule has 6 heteroatoms. The topological polar surface area (TPSA) is 61.4 Å². The molecule has 252 valence electrons. The van der Waals surface area contributed by atoms with Crippen molar-refractivity contribution in [1.29, 1.82) is 0 Å². The second-order valence-electron chi connectivity index (χ2n) is 15.1. The summed E-state index contributed by atoms with van der Waals surface area (Å²) in [6.07, 6.45) is 14.0. The van der Waals surface area contributed by atoms with Crippen molar-refractivity contribution in [3.05, 3.63) is 58.7 Å². The molecule has 1 aliphatic carbocycles. The molecule has 3 fully saturated rings. The standard InChI is InChI=1S/C40H60N4O2/c1-6-7-25-44(26-11-9-19-36(44)40(46)42-38-31(4)16-13-17-32(38)5)28-34-22-20-33(21-23-34)27-43-24-10-8-18-35(43)39(45)41-37-29(2)14-12-15-30(37)3/h12-17,33-36H,6-11,18-28H2,1-5H3,(H-,41,42,45,46)/p+1. The molecule has 2 N–H and O–H groups in total. The maximum atomic E-state index is 14.0. The molecule has 6 nitrogen and oxygen atoms in total. The Morgan fingerprint density at radius 3 is 1.91 bits per heavy atom. The highest BCUT2D eigenvalue weighted by molar-refractivity contribution is 5.96. The zero-order valence-corrected chi connectivity index (χ0v) is 29.5. The summed E-state index contributed by atoms with van der Waals surface area (Å²) < 4.78 is 0.979. The average Bonchev–Trinajstić information content (AvgIpc) is 3.05. The summed E-state index contributed by atoms with van der Waals surface area (Å²) >= 11 is 0. The van der Waals surface area contributed by atoms with Crippen molar-refractivity contribution in [2.45, 2.75) is 124 Å². The fraction of sp³-hybridized carbons (Fsp3) is 0.650. The lowest BCUT2D eigenvalue weighted by Gasteiger charge is -2.49. The van der Waals surface area contributed by atoms with Crippen LogP contribution in [-0.4, -0.2) is 66.0 Å². The molecule has 2 aromatic carbocycles. The van der Waals surface area contributed by atoms with E-state index >= 15 is 0 Å². The molecule has 1 saturated carbocycles. The highest BCUT2D eigenvalue weighted by Gasteiger charge is 2.45. The molecule has 3 unspecified atom stereocenters. The quantitative estimate of drug-likeness (QED) is 0.246. The van der Waals surface area contributed by atoms with Crippen LogP contribution < -0.4 is 10.6 Å². The van der Waals surface area contributed by atoms with Crippen molar-refractivity contribution >= 4 is 23.2 Å². The number of quaternary nitrogens is 1. The van der Waals surface area contributed by atoms with E-state index in [-0.39, 0.29) is 23.9 Å². The summed E-state index contributed by atoms with van der Waals surface area (Å²) in [5.41, 5.74) is 6.54. The largest absolute Gasteiger partial charge is 0.324 e. The zero-order valence-electron chi connectivity index (χ0n) is 29.5. The smallest absolute Gasteiger partial charge is 0.282 e. The Hall–Kier alpha value is -2.70. The van der Waals surface area contributed by atoms with Gasteiger partial charge in [-0.2, -0.15) is 0 Å². The van der Waals surface area contributed by atoms with Crippen LogP contribution in [0.5, 0.6) is 0 Å². The molecular formula is C40H61N4O2+. The molecule has 5 rings (SSSR count). The van der Waals surface area contributed by atoms with Gasteiger partial charge in [0.1, 0.15) is 0 Å². The molecule has 2 aromatic rings. The molecule has 46 heavy (non-hydrogen) atoms. The Morgan fingerprint density at radius 1 is 0.739 bits per heavy atom. The first kappa shape index (κ1) is 34.6. The third-order valence-corrected chi connectivity index (χ3v) is 11.7. The van der Waals surface area contributed by atoms with Crippen LogP contribution in [0.25, 0.3) is 0 Å². The number of hydrogen-bond donors (Lipinski definition) is 2. The van der Waals surface area contributed by atoms with Crippen molar-refractivity contribution in [2.75, 3.05) is 43.4 Å². The Bertz CT molecular complexity index is 1290. The van der Waals surface area contributed by atoms with E-state index in [1.54, 1.807) is 0 Å². The molecule has 0 radical (unpaired) electrons. The number of carbonyl (C=O) groups is 2. The van der Waals surface area contributed by atoms with E-state index in [9.17, 15) is 9.59 Å². The number of piperidine rings is 2. The summed E-state index contributed by atoms with van der Waals surface area (Å²) in [5, 5.41) is 6.72. The van der Waals surface area contributed by atoms with E-state index in [0.717, 1.165) is 96.5 Å². The number of rotatable bonds is 11. The van der Waals surface area contributed by atoms with Crippen LogP contribution in [0.1, 0.15) is 106 Å². The maximum absolute atomic E-state index is 14.0. The first-order valence-electron chi connectivity index (χ1n) is 18.5. The van der Waals surface area contributed by atoms with Gasteiger partial charge < -0.3 is 15.1 Å². The van der Waals surface area contributed by atoms with E-state index < -0.39 is 0 Å². The van der Waals surface area contributed by atoms with E-state index in [0.29, 0.717) is 11.8 Å². The number of hydrogen-bond acceptors (Lipinski definition) is 3. The van der Waals surface area contributed by atoms with Gasteiger partial charge in [-0.05, 0) is 120 Å². The van der Waals surface area contributed by atoms with Crippen LogP contribution in [0.3, 0.4) is 0 Å². The monoisotopic (exact) mass is 629 g/mol. The predicted octanol–water partition coefficient (Wildman–Crippen LogP) is 8.33. The molecular weight excluding hydrogens is 568 g/mol. The van der Waals surface area contributed by atoms with Gasteiger partial charge in [0, 0.05) is 30.3 Å². The lowest BCUT2D eigenvalue weighted by Crippen LogP contribution is -2.64. The number of carbonyl (C=O) groups excluding carboxylic acids is 2. The van der Waals surface area contributed by atoms with E-state index in [4.69, 9.17) is 0 Å². The van der Waals surface area contributed by atoms with Crippen molar-refractivity contribution in [3.8, 4) is 0 Å². The maximum Gasteiger partial charge on any atom is 0.282 e. The molecule has 0 bridgehead atoms. The van der Waals surface area contributed by atoms with Crippen molar-refractivity contribution in [3.63, 3.8) is 0 Å². The molecule has 2 amide bonds. The number of amides is 2. The van der Waals surface area contributed by atoms with Gasteiger partial charge in [-0.15, -0.1) is 0 Å². The predicted molar refractivity (Wildman–Crippen MR) is 191 cm³/mol. The Morgan fingerprint density at radius 2 is 1.30 bits per heavy atom. The van der Waals surface area contributed by atoms with Gasteiger partial charge in [-0.1, -0.05) is 56.2 Å². The number of nitrogens with zero attached hydrogens (tertiary/aromatic N) is 2. The minimum Gasteiger partial charge on any atom is -0.324 e. The Labute approximate surface area is 279 Å². The Balaban J connectivity index is 1.21. The van der Waals surface area contributed by atoms with E-state index in [1.165, 1.54) is 51.4 Å². The Kier molecular flexibility index (Phi) is 12.0. The average molecular weight is 630 g/mol. The molecule has 3 aliphatic rings. The van der Waals surface area contributed by atoms with E-state index in [2.05, 4.69) is 86.6 Å². The molecule has 2 saturated heterocycles. The van der Waals surface area contributed by atoms with E-state index in [1.807, 2.05) is 0 Å². The van der Waals surface area contributed by atoms with Gasteiger partial charge in [0.25, 0.3) is 5.91 Å². The number of benzene rings is 2. The summed E-state index contributed by atoms with van der Waals surface area (Å²) in [6.45, 7) is 16.1. The molecule has 0 aromatic heterocycles. The normalized spacial score (nSPS) is 27.2. The van der Waals surface area contributed by atoms with Crippen LogP contribution in [0.2, 0.25) is 0 Å². The second kappa shape index (κ2) is 15.9. The number of anilines is 2. The molecule has 2 aliphatic heterocycles. The van der Waals surface area contributed by atoms with Gasteiger partial charge in [0.05, 0.1) is 25.7 Å². The van der Waals surface area contributed by atoms with Gasteiger partial charge >= 0.3 is 0 Å². The second-order valence-corrected chi connectivity index (χ2v) is 15.1. The third kappa shape index (κ3) is 8.23. The van der Waals surface area contributed by atoms with Gasteiger partial charge in [0.15, 0.2) is 6.04 Å². The highest BCUT2D eigenvalue weighted by atomic mass is 16.2. The van der Waals surface area contributed by atoms with Crippen LogP contribution in [0.4, 0.5) is 11.4 Å². The number of unbranched alkanes of at least 4 members (excludes halogenated alkanes) is 1. The lowest BCUT2D eigenvalue weighted by atomic mass is 9.79. The summed E-state index contributed by atoms with van der Waals surface area (Å²) in [4.78, 5) is 30.1. The molecule has 2 heterocycles. The van der Waals surface area contributed by atoms with Gasteiger partial charge in [0.2, 0.25) is 5.91 Å². The number of para-hydroxylation sites is 2. The molecule has 3 atom stereocenters. The van der Waals surface area contributed by atoms with Crippen LogP contribution in [0, 0.1) is 39.5 Å². The van der Waals surface area contributed by atoms with Crippen molar-refractivity contribution in [2.24, 2.45) is 11.8 Å². The highest BCUT2D eigenvalue weighted by Crippen LogP contribution is 2.37. The van der Waals surface area contributed by atoms with Crippen LogP contribution >= 0.6 is 0 Å². The zero-order chi connectivity index (χ0) is 32.7. The fourth-order valence-electron chi connectivity index (χ4n) is 9.01. The summed E-state index contributed by atoms with van der Waals surface area (Å²) in [7, 11) is 0. The van der Waals surface area contributed by atoms with Crippen molar-refractivity contribution < 1.29 is 14.1 Å². The third-order valence-electron chi connectivity index (χ3n) is 11.7. The lowest BCUT2D eigenvalue weighted by molar-refractivity contribution is -0.950. The number of likely N-dealkylation sites (tertiary alicyclic amines) is 2. The first-order valence-corrected chi connectivity index (χ1v) is 18.5. The summed E-state index contributed by atoms with van der Waals surface area (Å²) in [6, 6.07) is 12.5. The van der Waals surface area contributed by atoms with Gasteiger partial charge in [-0.3, -0.25) is 14.5 Å². The SMILES string of the molecule is CCCC[N+]1(CC2CCC(CN3CCCCC3C(=O)Nc3c(C)cccc3C)CC2)CCCCC1C(=O)Nc1c(C)cccc1C.